The van der Waals surface area contributed by atoms with Crippen LogP contribution in [0.25, 0.3) is 11.3 Å². The Labute approximate surface area is 160 Å². The van der Waals surface area contributed by atoms with Crippen LogP contribution < -0.4 is 11.1 Å². The summed E-state index contributed by atoms with van der Waals surface area (Å²) >= 11 is 6.31. The number of aromatic nitrogens is 2. The van der Waals surface area contributed by atoms with Crippen LogP contribution in [-0.2, 0) is 5.54 Å². The van der Waals surface area contributed by atoms with Crippen molar-refractivity contribution in [3.8, 4) is 11.3 Å². The van der Waals surface area contributed by atoms with Crippen molar-refractivity contribution in [1.29, 1.82) is 0 Å². The quantitative estimate of drug-likeness (QED) is 0.742. The molecule has 0 saturated carbocycles. The molecule has 25 heavy (non-hydrogen) atoms. The lowest BCUT2D eigenvalue weighted by atomic mass is 10.1. The highest BCUT2D eigenvalue weighted by Crippen LogP contribution is 2.30. The summed E-state index contributed by atoms with van der Waals surface area (Å²) in [6.07, 6.45) is 3.53. The van der Waals surface area contributed by atoms with Crippen LogP contribution in [-0.4, -0.2) is 28.8 Å². The zero-order valence-corrected chi connectivity index (χ0v) is 16.5. The molecule has 5 nitrogen and oxygen atoms in total. The molecule has 0 saturated heterocycles. The summed E-state index contributed by atoms with van der Waals surface area (Å²) in [6, 6.07) is 7.43. The molecule has 0 fully saturated rings. The van der Waals surface area contributed by atoms with E-state index in [-0.39, 0.29) is 23.9 Å². The molecule has 1 aromatic carbocycles. The number of hydrogen-bond acceptors (Lipinski definition) is 3. The first-order valence-electron chi connectivity index (χ1n) is 8.18. The molecule has 0 unspecified atom stereocenters. The van der Waals surface area contributed by atoms with Crippen molar-refractivity contribution in [2.45, 2.75) is 39.2 Å². The fourth-order valence-corrected chi connectivity index (χ4v) is 2.53. The van der Waals surface area contributed by atoms with Gasteiger partial charge in [-0.25, -0.2) is 0 Å². The Morgan fingerprint density at radius 3 is 2.56 bits per heavy atom. The van der Waals surface area contributed by atoms with Crippen molar-refractivity contribution >= 4 is 29.9 Å². The van der Waals surface area contributed by atoms with Crippen molar-refractivity contribution < 1.29 is 4.79 Å². The maximum Gasteiger partial charge on any atom is 0.255 e. The number of benzene rings is 1. The SMILES string of the molecule is CC(C)(C)n1cc(C(=O)NCCCCN)c(-c2ccccc2Cl)n1.Cl. The first-order chi connectivity index (χ1) is 11.3. The number of carbonyl (C=O) groups excluding carboxylic acids is 1. The number of amides is 1. The zero-order valence-electron chi connectivity index (χ0n) is 14.9. The molecule has 2 rings (SSSR count). The van der Waals surface area contributed by atoms with Crippen LogP contribution in [0.2, 0.25) is 5.02 Å². The zero-order chi connectivity index (χ0) is 17.7. The maximum atomic E-state index is 12.6. The molecule has 0 aliphatic heterocycles. The summed E-state index contributed by atoms with van der Waals surface area (Å²) in [7, 11) is 0. The number of nitrogens with one attached hydrogen (secondary N) is 1. The number of nitrogens with zero attached hydrogens (tertiary/aromatic N) is 2. The Morgan fingerprint density at radius 2 is 1.96 bits per heavy atom. The van der Waals surface area contributed by atoms with E-state index in [9.17, 15) is 4.79 Å². The summed E-state index contributed by atoms with van der Waals surface area (Å²) < 4.78 is 1.81. The summed E-state index contributed by atoms with van der Waals surface area (Å²) in [4.78, 5) is 12.6. The van der Waals surface area contributed by atoms with E-state index in [1.165, 1.54) is 0 Å². The van der Waals surface area contributed by atoms with Gasteiger partial charge >= 0.3 is 0 Å². The van der Waals surface area contributed by atoms with Gasteiger partial charge in [0, 0.05) is 18.3 Å². The van der Waals surface area contributed by atoms with Gasteiger partial charge in [-0.05, 0) is 46.2 Å². The molecule has 0 radical (unpaired) electrons. The lowest BCUT2D eigenvalue weighted by Crippen LogP contribution is -2.25. The van der Waals surface area contributed by atoms with Crippen LogP contribution in [0.4, 0.5) is 0 Å². The lowest BCUT2D eigenvalue weighted by molar-refractivity contribution is 0.0953. The van der Waals surface area contributed by atoms with E-state index in [0.717, 1.165) is 18.4 Å². The molecular weight excluding hydrogens is 359 g/mol. The largest absolute Gasteiger partial charge is 0.352 e. The number of halogens is 2. The molecule has 0 aliphatic carbocycles. The van der Waals surface area contributed by atoms with E-state index in [2.05, 4.69) is 10.4 Å². The number of rotatable bonds is 6. The van der Waals surface area contributed by atoms with E-state index >= 15 is 0 Å². The molecule has 0 bridgehead atoms. The molecule has 1 aromatic heterocycles. The van der Waals surface area contributed by atoms with Gasteiger partial charge in [0.05, 0.1) is 16.1 Å². The number of carbonyl (C=O) groups is 1. The molecule has 138 valence electrons. The molecule has 1 amide bonds. The number of nitrogens with two attached hydrogens (primary N) is 1. The average molecular weight is 385 g/mol. The van der Waals surface area contributed by atoms with E-state index < -0.39 is 0 Å². The highest BCUT2D eigenvalue weighted by Gasteiger charge is 2.23. The summed E-state index contributed by atoms with van der Waals surface area (Å²) in [5, 5.41) is 8.14. The second-order valence-corrected chi connectivity index (χ2v) is 7.15. The smallest absolute Gasteiger partial charge is 0.255 e. The Morgan fingerprint density at radius 1 is 1.28 bits per heavy atom. The minimum Gasteiger partial charge on any atom is -0.352 e. The van der Waals surface area contributed by atoms with Crippen LogP contribution in [0.1, 0.15) is 44.0 Å². The Balaban J connectivity index is 0.00000312. The van der Waals surface area contributed by atoms with E-state index in [1.54, 1.807) is 16.9 Å². The summed E-state index contributed by atoms with van der Waals surface area (Å²) in [5.74, 6) is -0.141. The Bertz CT molecular complexity index is 707. The molecule has 0 spiro atoms. The predicted molar refractivity (Wildman–Crippen MR) is 106 cm³/mol. The van der Waals surface area contributed by atoms with E-state index in [1.807, 2.05) is 39.0 Å². The van der Waals surface area contributed by atoms with Gasteiger partial charge in [0.2, 0.25) is 0 Å². The fraction of sp³-hybridized carbons (Fsp3) is 0.444. The second kappa shape index (κ2) is 9.22. The maximum absolute atomic E-state index is 12.6. The van der Waals surface area contributed by atoms with Gasteiger partial charge in [0.15, 0.2) is 0 Å². The van der Waals surface area contributed by atoms with Gasteiger partial charge in [-0.3, -0.25) is 9.48 Å². The first-order valence-corrected chi connectivity index (χ1v) is 8.55. The molecule has 0 atom stereocenters. The van der Waals surface area contributed by atoms with Crippen molar-refractivity contribution in [2.75, 3.05) is 13.1 Å². The van der Waals surface area contributed by atoms with Gasteiger partial charge in [-0.15, -0.1) is 12.4 Å². The van der Waals surface area contributed by atoms with Gasteiger partial charge < -0.3 is 11.1 Å². The molecule has 2 aromatic rings. The summed E-state index contributed by atoms with van der Waals surface area (Å²) in [6.45, 7) is 7.35. The van der Waals surface area contributed by atoms with Gasteiger partial charge in [-0.1, -0.05) is 29.8 Å². The molecule has 3 N–H and O–H groups in total. The summed E-state index contributed by atoms with van der Waals surface area (Å²) in [5.41, 5.74) is 7.15. The first kappa shape index (κ1) is 21.5. The molecule has 0 aliphatic rings. The molecule has 7 heteroatoms. The van der Waals surface area contributed by atoms with E-state index in [0.29, 0.717) is 29.4 Å². The third-order valence-corrected chi connectivity index (χ3v) is 4.02. The fourth-order valence-electron chi connectivity index (χ4n) is 2.30. The average Bonchev–Trinajstić information content (AvgIpc) is 2.97. The van der Waals surface area contributed by atoms with Crippen LogP contribution in [0.15, 0.2) is 30.5 Å². The Hall–Kier alpha value is -1.56. The lowest BCUT2D eigenvalue weighted by Gasteiger charge is -2.18. The van der Waals surface area contributed by atoms with Gasteiger partial charge in [0.1, 0.15) is 5.69 Å². The topological polar surface area (TPSA) is 72.9 Å². The van der Waals surface area contributed by atoms with Gasteiger partial charge in [0.25, 0.3) is 5.91 Å². The van der Waals surface area contributed by atoms with Crippen LogP contribution in [0.5, 0.6) is 0 Å². The van der Waals surface area contributed by atoms with Crippen molar-refractivity contribution in [2.24, 2.45) is 5.73 Å². The highest BCUT2D eigenvalue weighted by atomic mass is 35.5. The third-order valence-electron chi connectivity index (χ3n) is 3.69. The minimum absolute atomic E-state index is 0. The number of hydrogen-bond donors (Lipinski definition) is 2. The van der Waals surface area contributed by atoms with Crippen LogP contribution >= 0.6 is 24.0 Å². The van der Waals surface area contributed by atoms with Crippen molar-refractivity contribution in [1.82, 2.24) is 15.1 Å². The minimum atomic E-state index is -0.228. The predicted octanol–water partition coefficient (Wildman–Crippen LogP) is 3.85. The van der Waals surface area contributed by atoms with Crippen molar-refractivity contribution in [3.63, 3.8) is 0 Å². The van der Waals surface area contributed by atoms with Crippen LogP contribution in [0, 0.1) is 0 Å². The standard InChI is InChI=1S/C18H25ClN4O.ClH/c1-18(2,3)23-12-14(17(24)21-11-7-6-10-20)16(22-23)13-8-4-5-9-15(13)19;/h4-5,8-9,12H,6-7,10-11,20H2,1-3H3,(H,21,24);1H. The van der Waals surface area contributed by atoms with Crippen LogP contribution in [0.3, 0.4) is 0 Å². The molecule has 1 heterocycles. The van der Waals surface area contributed by atoms with E-state index in [4.69, 9.17) is 17.3 Å². The van der Waals surface area contributed by atoms with Gasteiger partial charge in [-0.2, -0.15) is 5.10 Å². The normalized spacial score (nSPS) is 11.1. The Kier molecular flexibility index (Phi) is 7.93. The number of unbranched alkanes of at least 4 members (excludes halogenated alkanes) is 1. The molecular formula is C18H26Cl2N4O. The highest BCUT2D eigenvalue weighted by molar-refractivity contribution is 6.33. The van der Waals surface area contributed by atoms with Crippen molar-refractivity contribution in [3.05, 3.63) is 41.0 Å². The third kappa shape index (κ3) is 5.46. The monoisotopic (exact) mass is 384 g/mol. The second-order valence-electron chi connectivity index (χ2n) is 6.74.